The first-order valence-electron chi connectivity index (χ1n) is 6.81. The minimum atomic E-state index is -3.61. The second-order valence-corrected chi connectivity index (χ2v) is 7.21. The van der Waals surface area contributed by atoms with Crippen LogP contribution in [0.25, 0.3) is 0 Å². The van der Waals surface area contributed by atoms with Crippen LogP contribution in [0.3, 0.4) is 0 Å². The molecular weight excluding hydrogens is 276 g/mol. The molecular formula is C14H22N2O3S. The van der Waals surface area contributed by atoms with E-state index >= 15 is 0 Å². The molecule has 0 aromatic heterocycles. The summed E-state index contributed by atoms with van der Waals surface area (Å²) in [4.78, 5) is 0.163. The maximum atomic E-state index is 12.6. The number of benzene rings is 1. The molecule has 20 heavy (non-hydrogen) atoms. The van der Waals surface area contributed by atoms with Crippen molar-refractivity contribution in [2.45, 2.75) is 49.6 Å². The molecule has 1 aromatic rings. The summed E-state index contributed by atoms with van der Waals surface area (Å²) in [5.74, 6) is 0.344. The first-order valence-corrected chi connectivity index (χ1v) is 8.29. The molecule has 1 fully saturated rings. The zero-order chi connectivity index (χ0) is 14.8. The number of methoxy groups -OCH3 is 1. The average molecular weight is 298 g/mol. The van der Waals surface area contributed by atoms with Gasteiger partial charge in [0.25, 0.3) is 0 Å². The Hall–Kier alpha value is -1.11. The summed E-state index contributed by atoms with van der Waals surface area (Å²) in [6, 6.07) is 5.00. The van der Waals surface area contributed by atoms with E-state index in [2.05, 4.69) is 4.72 Å². The van der Waals surface area contributed by atoms with Gasteiger partial charge in [-0.05, 0) is 37.5 Å². The normalized spacial score (nSPS) is 18.1. The smallest absolute Gasteiger partial charge is 0.244 e. The number of sulfonamides is 1. The number of ether oxygens (including phenoxy) is 1. The molecule has 3 N–H and O–H groups in total. The SMILES string of the molecule is COc1ccc(CN)cc1S(=O)(=O)NC1(C)CCCC1. The van der Waals surface area contributed by atoms with Gasteiger partial charge in [-0.3, -0.25) is 0 Å². The van der Waals surface area contributed by atoms with Crippen LogP contribution in [-0.4, -0.2) is 21.1 Å². The van der Waals surface area contributed by atoms with Gasteiger partial charge < -0.3 is 10.5 Å². The van der Waals surface area contributed by atoms with E-state index in [-0.39, 0.29) is 10.4 Å². The maximum absolute atomic E-state index is 12.6. The van der Waals surface area contributed by atoms with Crippen LogP contribution in [0.5, 0.6) is 5.75 Å². The predicted octanol–water partition coefficient (Wildman–Crippen LogP) is 1.76. The maximum Gasteiger partial charge on any atom is 0.244 e. The van der Waals surface area contributed by atoms with E-state index in [0.29, 0.717) is 12.3 Å². The Bertz CT molecular complexity index is 578. The van der Waals surface area contributed by atoms with E-state index in [4.69, 9.17) is 10.5 Å². The van der Waals surface area contributed by atoms with Crippen LogP contribution >= 0.6 is 0 Å². The van der Waals surface area contributed by atoms with E-state index in [1.54, 1.807) is 18.2 Å². The Morgan fingerprint density at radius 2 is 2.00 bits per heavy atom. The summed E-state index contributed by atoms with van der Waals surface area (Å²) < 4.78 is 33.2. The van der Waals surface area contributed by atoms with Crippen molar-refractivity contribution in [3.05, 3.63) is 23.8 Å². The number of nitrogens with two attached hydrogens (primary N) is 1. The predicted molar refractivity (Wildman–Crippen MR) is 78.1 cm³/mol. The van der Waals surface area contributed by atoms with Gasteiger partial charge in [-0.15, -0.1) is 0 Å². The molecule has 1 aliphatic rings. The molecule has 2 rings (SSSR count). The molecule has 0 amide bonds. The lowest BCUT2D eigenvalue weighted by molar-refractivity contribution is 0.397. The van der Waals surface area contributed by atoms with Crippen molar-refractivity contribution < 1.29 is 13.2 Å². The van der Waals surface area contributed by atoms with Crippen molar-refractivity contribution in [1.82, 2.24) is 4.72 Å². The lowest BCUT2D eigenvalue weighted by Gasteiger charge is -2.25. The van der Waals surface area contributed by atoms with E-state index in [1.807, 2.05) is 6.92 Å². The molecule has 0 radical (unpaired) electrons. The van der Waals surface area contributed by atoms with Crippen LogP contribution in [-0.2, 0) is 16.6 Å². The van der Waals surface area contributed by atoms with Crippen molar-refractivity contribution in [3.63, 3.8) is 0 Å². The summed E-state index contributed by atoms with van der Waals surface area (Å²) in [6.07, 6.45) is 3.84. The Morgan fingerprint density at radius 1 is 1.35 bits per heavy atom. The van der Waals surface area contributed by atoms with Gasteiger partial charge in [0.2, 0.25) is 10.0 Å². The van der Waals surface area contributed by atoms with Crippen LogP contribution in [0.15, 0.2) is 23.1 Å². The summed E-state index contributed by atoms with van der Waals surface area (Å²) >= 11 is 0. The van der Waals surface area contributed by atoms with Crippen LogP contribution in [0, 0.1) is 0 Å². The molecule has 0 aliphatic heterocycles. The van der Waals surface area contributed by atoms with Gasteiger partial charge in [0, 0.05) is 12.1 Å². The van der Waals surface area contributed by atoms with Gasteiger partial charge in [-0.2, -0.15) is 0 Å². The quantitative estimate of drug-likeness (QED) is 0.868. The summed E-state index contributed by atoms with van der Waals surface area (Å²) in [5, 5.41) is 0. The Kier molecular flexibility index (Phi) is 4.36. The van der Waals surface area contributed by atoms with Crippen molar-refractivity contribution in [2.75, 3.05) is 7.11 Å². The van der Waals surface area contributed by atoms with Gasteiger partial charge in [-0.1, -0.05) is 18.9 Å². The number of hydrogen-bond acceptors (Lipinski definition) is 4. The molecule has 5 nitrogen and oxygen atoms in total. The molecule has 0 spiro atoms. The Morgan fingerprint density at radius 3 is 2.55 bits per heavy atom. The molecule has 0 bridgehead atoms. The molecule has 0 atom stereocenters. The second kappa shape index (κ2) is 5.71. The Labute approximate surface area is 120 Å². The number of hydrogen-bond donors (Lipinski definition) is 2. The zero-order valence-corrected chi connectivity index (χ0v) is 12.8. The van der Waals surface area contributed by atoms with E-state index < -0.39 is 10.0 Å². The highest BCUT2D eigenvalue weighted by Gasteiger charge is 2.34. The minimum Gasteiger partial charge on any atom is -0.495 e. The third kappa shape index (κ3) is 3.13. The third-order valence-electron chi connectivity index (χ3n) is 3.84. The summed E-state index contributed by atoms with van der Waals surface area (Å²) in [7, 11) is -2.14. The fourth-order valence-corrected chi connectivity index (χ4v) is 4.38. The fourth-order valence-electron chi connectivity index (χ4n) is 2.69. The molecule has 1 aliphatic carbocycles. The highest BCUT2D eigenvalue weighted by molar-refractivity contribution is 7.89. The van der Waals surface area contributed by atoms with Gasteiger partial charge in [0.15, 0.2) is 0 Å². The van der Waals surface area contributed by atoms with Crippen LogP contribution in [0.1, 0.15) is 38.2 Å². The highest BCUT2D eigenvalue weighted by atomic mass is 32.2. The lowest BCUT2D eigenvalue weighted by atomic mass is 10.0. The van der Waals surface area contributed by atoms with Crippen molar-refractivity contribution >= 4 is 10.0 Å². The standard InChI is InChI=1S/C14H22N2O3S/c1-14(7-3-4-8-14)16-20(17,18)13-9-11(10-15)5-6-12(13)19-2/h5-6,9,16H,3-4,7-8,10,15H2,1-2H3. The topological polar surface area (TPSA) is 81.4 Å². The molecule has 0 saturated heterocycles. The molecule has 0 unspecified atom stereocenters. The average Bonchev–Trinajstić information content (AvgIpc) is 2.83. The lowest BCUT2D eigenvalue weighted by Crippen LogP contribution is -2.43. The van der Waals surface area contributed by atoms with E-state index in [0.717, 1.165) is 31.2 Å². The number of nitrogens with one attached hydrogen (secondary N) is 1. The third-order valence-corrected chi connectivity index (χ3v) is 5.50. The van der Waals surface area contributed by atoms with Crippen molar-refractivity contribution in [1.29, 1.82) is 0 Å². The Balaban J connectivity index is 2.37. The van der Waals surface area contributed by atoms with Crippen LogP contribution in [0.4, 0.5) is 0 Å². The van der Waals surface area contributed by atoms with Crippen molar-refractivity contribution in [2.24, 2.45) is 5.73 Å². The van der Waals surface area contributed by atoms with Gasteiger partial charge in [0.05, 0.1) is 7.11 Å². The van der Waals surface area contributed by atoms with Crippen LogP contribution in [0.2, 0.25) is 0 Å². The fraction of sp³-hybridized carbons (Fsp3) is 0.571. The van der Waals surface area contributed by atoms with E-state index in [1.165, 1.54) is 7.11 Å². The largest absolute Gasteiger partial charge is 0.495 e. The molecule has 1 aromatic carbocycles. The minimum absolute atomic E-state index is 0.163. The van der Waals surface area contributed by atoms with Gasteiger partial charge >= 0.3 is 0 Å². The highest BCUT2D eigenvalue weighted by Crippen LogP contribution is 2.32. The van der Waals surface area contributed by atoms with Crippen LogP contribution < -0.4 is 15.2 Å². The molecule has 1 saturated carbocycles. The molecule has 6 heteroatoms. The summed E-state index contributed by atoms with van der Waals surface area (Å²) in [6.45, 7) is 2.25. The van der Waals surface area contributed by atoms with Gasteiger partial charge in [0.1, 0.15) is 10.6 Å². The van der Waals surface area contributed by atoms with Gasteiger partial charge in [-0.25, -0.2) is 13.1 Å². The summed E-state index contributed by atoms with van der Waals surface area (Å²) in [5.41, 5.74) is 5.99. The monoisotopic (exact) mass is 298 g/mol. The molecule has 0 heterocycles. The second-order valence-electron chi connectivity index (χ2n) is 5.56. The first-order chi connectivity index (χ1) is 9.40. The van der Waals surface area contributed by atoms with E-state index in [9.17, 15) is 8.42 Å². The number of rotatable bonds is 5. The first kappa shape index (κ1) is 15.3. The zero-order valence-electron chi connectivity index (χ0n) is 12.0. The molecule has 112 valence electrons. The van der Waals surface area contributed by atoms with Crippen molar-refractivity contribution in [3.8, 4) is 5.75 Å².